The third-order valence-electron chi connectivity index (χ3n) is 2.61. The van der Waals surface area contributed by atoms with Gasteiger partial charge in [0.25, 0.3) is 5.91 Å². The molecule has 4 nitrogen and oxygen atoms in total. The van der Waals surface area contributed by atoms with Gasteiger partial charge in [-0.25, -0.2) is 0 Å². The van der Waals surface area contributed by atoms with Crippen molar-refractivity contribution >= 4 is 28.8 Å². The summed E-state index contributed by atoms with van der Waals surface area (Å²) in [4.78, 5) is 11.6. The van der Waals surface area contributed by atoms with Gasteiger partial charge in [0, 0.05) is 5.56 Å². The number of nitrogens with two attached hydrogens (primary N) is 1. The highest BCUT2D eigenvalue weighted by molar-refractivity contribution is 7.80. The second kappa shape index (κ2) is 5.57. The van der Waals surface area contributed by atoms with E-state index in [0.29, 0.717) is 0 Å². The van der Waals surface area contributed by atoms with Gasteiger partial charge in [-0.15, -0.1) is 0 Å². The lowest BCUT2D eigenvalue weighted by molar-refractivity contribution is -0.137. The number of anilines is 1. The van der Waals surface area contributed by atoms with Crippen LogP contribution in [0.15, 0.2) is 41.0 Å². The number of hydrogen-bond donors (Lipinski definition) is 2. The predicted molar refractivity (Wildman–Crippen MR) is 74.0 cm³/mol. The highest BCUT2D eigenvalue weighted by atomic mass is 32.1. The standard InChI is InChI=1S/C13H9F3N2O2S/c14-13(15,16)7-3-4-9(8(6-7)11(17)21)18-12(19)10-2-1-5-20-10/h1-6H,(H2,17,21)(H,18,19). The van der Waals surface area contributed by atoms with E-state index in [0.717, 1.165) is 18.2 Å². The monoisotopic (exact) mass is 314 g/mol. The Kier molecular flexibility index (Phi) is 3.99. The van der Waals surface area contributed by atoms with E-state index in [1.54, 1.807) is 0 Å². The molecule has 0 aliphatic heterocycles. The minimum atomic E-state index is -4.52. The quantitative estimate of drug-likeness (QED) is 0.854. The zero-order valence-corrected chi connectivity index (χ0v) is 11.2. The van der Waals surface area contributed by atoms with E-state index in [-0.39, 0.29) is 22.0 Å². The largest absolute Gasteiger partial charge is 0.459 e. The minimum Gasteiger partial charge on any atom is -0.459 e. The molecule has 0 saturated carbocycles. The van der Waals surface area contributed by atoms with E-state index >= 15 is 0 Å². The summed E-state index contributed by atoms with van der Waals surface area (Å²) in [5, 5.41) is 2.41. The van der Waals surface area contributed by atoms with Crippen LogP contribution < -0.4 is 11.1 Å². The maximum absolute atomic E-state index is 12.7. The molecule has 0 atom stereocenters. The highest BCUT2D eigenvalue weighted by Crippen LogP contribution is 2.32. The molecule has 2 aromatic rings. The van der Waals surface area contributed by atoms with Crippen molar-refractivity contribution in [1.82, 2.24) is 0 Å². The first-order valence-electron chi connectivity index (χ1n) is 5.65. The Bertz CT molecular complexity index is 681. The van der Waals surface area contributed by atoms with Gasteiger partial charge in [-0.05, 0) is 30.3 Å². The number of nitrogens with one attached hydrogen (secondary N) is 1. The van der Waals surface area contributed by atoms with Gasteiger partial charge in [0.2, 0.25) is 0 Å². The molecule has 21 heavy (non-hydrogen) atoms. The van der Waals surface area contributed by atoms with Crippen molar-refractivity contribution in [2.24, 2.45) is 5.73 Å². The van der Waals surface area contributed by atoms with Crippen LogP contribution in [0.2, 0.25) is 0 Å². The fourth-order valence-corrected chi connectivity index (χ4v) is 1.79. The molecule has 0 spiro atoms. The number of benzene rings is 1. The lowest BCUT2D eigenvalue weighted by atomic mass is 10.1. The topological polar surface area (TPSA) is 68.3 Å². The average molecular weight is 314 g/mol. The van der Waals surface area contributed by atoms with Gasteiger partial charge in [0.05, 0.1) is 17.5 Å². The lowest BCUT2D eigenvalue weighted by Gasteiger charge is -2.13. The fourth-order valence-electron chi connectivity index (χ4n) is 1.63. The third kappa shape index (κ3) is 3.40. The number of alkyl halides is 3. The van der Waals surface area contributed by atoms with Gasteiger partial charge in [0.15, 0.2) is 5.76 Å². The van der Waals surface area contributed by atoms with Crippen LogP contribution >= 0.6 is 12.2 Å². The molecule has 110 valence electrons. The van der Waals surface area contributed by atoms with Crippen LogP contribution in [0.25, 0.3) is 0 Å². The normalized spacial score (nSPS) is 11.2. The third-order valence-corrected chi connectivity index (χ3v) is 2.83. The number of rotatable bonds is 3. The molecule has 0 saturated heterocycles. The summed E-state index contributed by atoms with van der Waals surface area (Å²) in [7, 11) is 0. The van der Waals surface area contributed by atoms with Crippen molar-refractivity contribution in [3.8, 4) is 0 Å². The molecule has 0 aliphatic carbocycles. The lowest BCUT2D eigenvalue weighted by Crippen LogP contribution is -2.18. The van der Waals surface area contributed by atoms with E-state index < -0.39 is 17.6 Å². The molecular weight excluding hydrogens is 305 g/mol. The first-order valence-corrected chi connectivity index (χ1v) is 6.06. The van der Waals surface area contributed by atoms with E-state index in [4.69, 9.17) is 22.4 Å². The summed E-state index contributed by atoms with van der Waals surface area (Å²) in [5.41, 5.74) is 4.52. The average Bonchev–Trinajstić information content (AvgIpc) is 2.91. The van der Waals surface area contributed by atoms with Gasteiger partial charge < -0.3 is 15.5 Å². The Balaban J connectivity index is 2.35. The van der Waals surface area contributed by atoms with Crippen LogP contribution in [0.4, 0.5) is 18.9 Å². The smallest absolute Gasteiger partial charge is 0.416 e. The maximum atomic E-state index is 12.7. The Morgan fingerprint density at radius 1 is 1.29 bits per heavy atom. The van der Waals surface area contributed by atoms with E-state index in [1.165, 1.54) is 18.4 Å². The molecule has 1 heterocycles. The molecule has 0 fully saturated rings. The van der Waals surface area contributed by atoms with Crippen molar-refractivity contribution in [2.75, 3.05) is 5.32 Å². The zero-order chi connectivity index (χ0) is 15.6. The summed E-state index contributed by atoms with van der Waals surface area (Å²) >= 11 is 4.72. The molecule has 0 bridgehead atoms. The van der Waals surface area contributed by atoms with Gasteiger partial charge >= 0.3 is 6.18 Å². The van der Waals surface area contributed by atoms with Crippen LogP contribution in [-0.4, -0.2) is 10.9 Å². The SMILES string of the molecule is NC(=S)c1cc(C(F)(F)F)ccc1NC(=O)c1ccco1. The maximum Gasteiger partial charge on any atom is 0.416 e. The van der Waals surface area contributed by atoms with Gasteiger partial charge in [0.1, 0.15) is 4.99 Å². The molecule has 0 radical (unpaired) electrons. The Hall–Kier alpha value is -2.35. The molecule has 2 rings (SSSR count). The molecular formula is C13H9F3N2O2S. The van der Waals surface area contributed by atoms with Crippen molar-refractivity contribution < 1.29 is 22.4 Å². The minimum absolute atomic E-state index is 0.0174. The summed E-state index contributed by atoms with van der Waals surface area (Å²) in [6, 6.07) is 5.65. The summed E-state index contributed by atoms with van der Waals surface area (Å²) in [6.07, 6.45) is -3.22. The number of carbonyl (C=O) groups is 1. The van der Waals surface area contributed by atoms with Crippen LogP contribution in [0.1, 0.15) is 21.7 Å². The second-order valence-corrected chi connectivity index (χ2v) is 4.49. The van der Waals surface area contributed by atoms with Crippen LogP contribution in [0.5, 0.6) is 0 Å². The molecule has 8 heteroatoms. The number of furan rings is 1. The van der Waals surface area contributed by atoms with Crippen molar-refractivity contribution in [1.29, 1.82) is 0 Å². The first-order chi connectivity index (χ1) is 9.79. The number of thiocarbonyl (C=S) groups is 1. The number of halogens is 3. The van der Waals surface area contributed by atoms with E-state index in [2.05, 4.69) is 5.32 Å². The first kappa shape index (κ1) is 15.0. The van der Waals surface area contributed by atoms with Crippen molar-refractivity contribution in [3.05, 3.63) is 53.5 Å². The van der Waals surface area contributed by atoms with Crippen LogP contribution in [0.3, 0.4) is 0 Å². The molecule has 1 amide bonds. The number of carbonyl (C=O) groups excluding carboxylic acids is 1. The number of hydrogen-bond acceptors (Lipinski definition) is 3. The van der Waals surface area contributed by atoms with E-state index in [9.17, 15) is 18.0 Å². The van der Waals surface area contributed by atoms with Gasteiger partial charge in [-0.3, -0.25) is 4.79 Å². The Morgan fingerprint density at radius 3 is 2.52 bits per heavy atom. The zero-order valence-electron chi connectivity index (χ0n) is 10.4. The Morgan fingerprint density at radius 2 is 2.00 bits per heavy atom. The summed E-state index contributed by atoms with van der Waals surface area (Å²) in [5.74, 6) is -0.596. The van der Waals surface area contributed by atoms with Gasteiger partial charge in [-0.1, -0.05) is 12.2 Å². The fraction of sp³-hybridized carbons (Fsp3) is 0.0769. The summed E-state index contributed by atoms with van der Waals surface area (Å²) < 4.78 is 42.9. The summed E-state index contributed by atoms with van der Waals surface area (Å²) in [6.45, 7) is 0. The van der Waals surface area contributed by atoms with Gasteiger partial charge in [-0.2, -0.15) is 13.2 Å². The predicted octanol–water partition coefficient (Wildman–Crippen LogP) is 3.18. The Labute approximate surface area is 122 Å². The molecule has 0 unspecified atom stereocenters. The molecule has 1 aromatic carbocycles. The van der Waals surface area contributed by atoms with Crippen molar-refractivity contribution in [2.45, 2.75) is 6.18 Å². The van der Waals surface area contributed by atoms with Crippen molar-refractivity contribution in [3.63, 3.8) is 0 Å². The molecule has 0 aliphatic rings. The van der Waals surface area contributed by atoms with E-state index in [1.807, 2.05) is 0 Å². The second-order valence-electron chi connectivity index (χ2n) is 4.05. The highest BCUT2D eigenvalue weighted by Gasteiger charge is 2.31. The van der Waals surface area contributed by atoms with Crippen LogP contribution in [-0.2, 0) is 6.18 Å². The number of amides is 1. The molecule has 3 N–H and O–H groups in total. The molecule has 1 aromatic heterocycles. The van der Waals surface area contributed by atoms with Crippen LogP contribution in [0, 0.1) is 0 Å².